The summed E-state index contributed by atoms with van der Waals surface area (Å²) in [6.45, 7) is 6.36. The number of halogens is 2. The molecule has 0 bridgehead atoms. The third-order valence-corrected chi connectivity index (χ3v) is 4.73. The van der Waals surface area contributed by atoms with Crippen LogP contribution in [0, 0.1) is 11.6 Å². The van der Waals surface area contributed by atoms with Gasteiger partial charge < -0.3 is 10.6 Å². The number of urea groups is 1. The Morgan fingerprint density at radius 1 is 0.966 bits per heavy atom. The number of carbonyl (C=O) groups is 1. The van der Waals surface area contributed by atoms with Crippen LogP contribution in [0.15, 0.2) is 36.4 Å². The summed E-state index contributed by atoms with van der Waals surface area (Å²) in [6, 6.07) is 8.88. The van der Waals surface area contributed by atoms with Crippen LogP contribution in [0.2, 0.25) is 0 Å². The Morgan fingerprint density at radius 2 is 1.55 bits per heavy atom. The van der Waals surface area contributed by atoms with Gasteiger partial charge in [-0.15, -0.1) is 0 Å². The van der Waals surface area contributed by atoms with E-state index in [1.54, 1.807) is 0 Å². The molecule has 9 heteroatoms. The smallest absolute Gasteiger partial charge is 0.315 e. The Morgan fingerprint density at radius 3 is 2.10 bits per heavy atom. The average molecular weight is 426 g/mol. The van der Waals surface area contributed by atoms with Gasteiger partial charge in [0, 0.05) is 24.7 Å². The molecule has 0 spiro atoms. The lowest BCUT2D eigenvalue weighted by Crippen LogP contribution is -2.34. The fraction of sp³-hybridized carbons (Fsp3) is 0.350. The van der Waals surface area contributed by atoms with Gasteiger partial charge in [0.15, 0.2) is 0 Å². The second-order valence-corrected chi connectivity index (χ2v) is 9.53. The number of sulfonamides is 1. The van der Waals surface area contributed by atoms with Gasteiger partial charge in [0.1, 0.15) is 11.6 Å². The van der Waals surface area contributed by atoms with E-state index >= 15 is 0 Å². The maximum atomic E-state index is 14.1. The van der Waals surface area contributed by atoms with Crippen LogP contribution in [-0.4, -0.2) is 20.7 Å². The van der Waals surface area contributed by atoms with Crippen LogP contribution in [0.4, 0.5) is 19.3 Å². The number of benzene rings is 2. The molecule has 0 atom stereocenters. The molecule has 0 aliphatic carbocycles. The van der Waals surface area contributed by atoms with Gasteiger partial charge in [-0.2, -0.15) is 0 Å². The highest BCUT2D eigenvalue weighted by Gasteiger charge is 2.14. The number of amides is 2. The normalized spacial score (nSPS) is 11.8. The fourth-order valence-electron chi connectivity index (χ4n) is 2.54. The number of nitrogens with one attached hydrogen (secondary N) is 3. The monoisotopic (exact) mass is 425 g/mol. The Kier molecular flexibility index (Phi) is 6.84. The molecule has 2 rings (SSSR count). The zero-order valence-electron chi connectivity index (χ0n) is 16.8. The molecule has 0 radical (unpaired) electrons. The van der Waals surface area contributed by atoms with Crippen molar-refractivity contribution in [3.8, 4) is 0 Å². The first-order valence-electron chi connectivity index (χ1n) is 8.92. The van der Waals surface area contributed by atoms with Crippen molar-refractivity contribution in [3.63, 3.8) is 0 Å². The van der Waals surface area contributed by atoms with Crippen molar-refractivity contribution in [3.05, 3.63) is 64.7 Å². The highest BCUT2D eigenvalue weighted by atomic mass is 32.2. The summed E-state index contributed by atoms with van der Waals surface area (Å²) >= 11 is 0. The van der Waals surface area contributed by atoms with Crippen LogP contribution < -0.4 is 15.4 Å². The Hall–Kier alpha value is -2.68. The van der Waals surface area contributed by atoms with Crippen molar-refractivity contribution in [1.29, 1.82) is 0 Å². The number of rotatable bonds is 6. The van der Waals surface area contributed by atoms with E-state index in [9.17, 15) is 22.0 Å². The summed E-state index contributed by atoms with van der Waals surface area (Å²) in [7, 11) is -3.74. The maximum Gasteiger partial charge on any atom is 0.315 e. The predicted molar refractivity (Wildman–Crippen MR) is 109 cm³/mol. The lowest BCUT2D eigenvalue weighted by molar-refractivity contribution is 0.240. The molecule has 0 aliphatic heterocycles. The number of hydrogen-bond acceptors (Lipinski definition) is 3. The summed E-state index contributed by atoms with van der Waals surface area (Å²) in [5, 5.41) is 5.09. The quantitative estimate of drug-likeness (QED) is 0.660. The molecule has 3 N–H and O–H groups in total. The molecule has 0 aliphatic rings. The molecule has 2 aromatic rings. The number of hydrogen-bond donors (Lipinski definition) is 3. The van der Waals surface area contributed by atoms with Gasteiger partial charge in [0.25, 0.3) is 0 Å². The van der Waals surface area contributed by atoms with Crippen molar-refractivity contribution in [2.45, 2.75) is 39.3 Å². The Balaban J connectivity index is 1.91. The standard InChI is InChI=1S/C20H25F2N3O3S/c1-20(2,3)15-7-5-13(6-8-15)11-23-19(26)24-12-14-9-17(22)18(10-16(14)21)25-29(4,27)28/h5-10,25H,11-12H2,1-4H3,(H2,23,24,26). The fourth-order valence-corrected chi connectivity index (χ4v) is 3.10. The minimum Gasteiger partial charge on any atom is -0.334 e. The molecule has 0 saturated carbocycles. The van der Waals surface area contributed by atoms with Gasteiger partial charge in [0.05, 0.1) is 11.9 Å². The van der Waals surface area contributed by atoms with E-state index in [0.29, 0.717) is 0 Å². The molecule has 0 heterocycles. The van der Waals surface area contributed by atoms with Crippen molar-refractivity contribution >= 4 is 21.7 Å². The van der Waals surface area contributed by atoms with Gasteiger partial charge in [-0.1, -0.05) is 45.0 Å². The highest BCUT2D eigenvalue weighted by molar-refractivity contribution is 7.92. The Bertz CT molecular complexity index is 985. The molecule has 0 aromatic heterocycles. The molecule has 2 aromatic carbocycles. The summed E-state index contributed by atoms with van der Waals surface area (Å²) in [4.78, 5) is 11.9. The van der Waals surface area contributed by atoms with E-state index in [-0.39, 0.29) is 24.1 Å². The third kappa shape index (κ3) is 7.01. The predicted octanol–water partition coefficient (Wildman–Crippen LogP) is 3.63. The second-order valence-electron chi connectivity index (χ2n) is 7.78. The first-order valence-corrected chi connectivity index (χ1v) is 10.8. The number of anilines is 1. The molecule has 6 nitrogen and oxygen atoms in total. The topological polar surface area (TPSA) is 87.3 Å². The lowest BCUT2D eigenvalue weighted by Gasteiger charge is -2.19. The summed E-state index contributed by atoms with van der Waals surface area (Å²) < 4.78 is 52.2. The van der Waals surface area contributed by atoms with Crippen LogP contribution in [-0.2, 0) is 28.5 Å². The lowest BCUT2D eigenvalue weighted by atomic mass is 9.87. The van der Waals surface area contributed by atoms with Crippen LogP contribution in [0.5, 0.6) is 0 Å². The summed E-state index contributed by atoms with van der Waals surface area (Å²) in [5.74, 6) is -1.77. The van der Waals surface area contributed by atoms with E-state index in [1.807, 2.05) is 29.0 Å². The van der Waals surface area contributed by atoms with Crippen molar-refractivity contribution in [2.24, 2.45) is 0 Å². The molecule has 2 amide bonds. The largest absolute Gasteiger partial charge is 0.334 e. The van der Waals surface area contributed by atoms with Crippen molar-refractivity contribution < 1.29 is 22.0 Å². The average Bonchev–Trinajstić information content (AvgIpc) is 2.60. The molecule has 29 heavy (non-hydrogen) atoms. The van der Waals surface area contributed by atoms with Crippen LogP contribution in [0.1, 0.15) is 37.5 Å². The molecule has 0 saturated heterocycles. The first-order chi connectivity index (χ1) is 13.3. The maximum absolute atomic E-state index is 14.1. The third-order valence-electron chi connectivity index (χ3n) is 4.14. The highest BCUT2D eigenvalue weighted by Crippen LogP contribution is 2.22. The molecule has 0 unspecified atom stereocenters. The van der Waals surface area contributed by atoms with E-state index in [1.165, 1.54) is 5.56 Å². The van der Waals surface area contributed by atoms with Crippen LogP contribution in [0.3, 0.4) is 0 Å². The van der Waals surface area contributed by atoms with Gasteiger partial charge in [-0.05, 0) is 22.6 Å². The van der Waals surface area contributed by atoms with Crippen molar-refractivity contribution in [2.75, 3.05) is 11.0 Å². The zero-order chi connectivity index (χ0) is 21.8. The SMILES string of the molecule is CC(C)(C)c1ccc(CNC(=O)NCc2cc(F)c(NS(C)(=O)=O)cc2F)cc1. The second kappa shape index (κ2) is 8.77. The van der Waals surface area contributed by atoms with Gasteiger partial charge in [0.2, 0.25) is 10.0 Å². The van der Waals surface area contributed by atoms with Crippen LogP contribution in [0.25, 0.3) is 0 Å². The van der Waals surface area contributed by atoms with E-state index in [0.717, 1.165) is 24.0 Å². The van der Waals surface area contributed by atoms with Crippen molar-refractivity contribution in [1.82, 2.24) is 10.6 Å². The minimum absolute atomic E-state index is 0.0368. The Labute approximate surface area is 169 Å². The van der Waals surface area contributed by atoms with Crippen LogP contribution >= 0.6 is 0 Å². The number of carbonyl (C=O) groups excluding carboxylic acids is 1. The van der Waals surface area contributed by atoms with E-state index in [4.69, 9.17) is 0 Å². The summed E-state index contributed by atoms with van der Waals surface area (Å²) in [5.41, 5.74) is 1.52. The molecule has 0 fully saturated rings. The zero-order valence-corrected chi connectivity index (χ0v) is 17.6. The van der Waals surface area contributed by atoms with E-state index < -0.39 is 33.4 Å². The minimum atomic E-state index is -3.74. The van der Waals surface area contributed by atoms with Gasteiger partial charge in [-0.3, -0.25) is 4.72 Å². The molecular formula is C20H25F2N3O3S. The summed E-state index contributed by atoms with van der Waals surface area (Å²) in [6.07, 6.45) is 0.834. The van der Waals surface area contributed by atoms with Gasteiger partial charge >= 0.3 is 6.03 Å². The van der Waals surface area contributed by atoms with E-state index in [2.05, 4.69) is 31.4 Å². The molecule has 158 valence electrons. The van der Waals surface area contributed by atoms with Gasteiger partial charge in [-0.25, -0.2) is 22.0 Å². The molecular weight excluding hydrogens is 400 g/mol. The first kappa shape index (κ1) is 22.6.